The minimum Gasteiger partial charge on any atom is -0.382 e. The van der Waals surface area contributed by atoms with E-state index in [4.69, 9.17) is 0 Å². The smallest absolute Gasteiger partial charge is 0.304 e. The molecular formula is C13H15FN2O2. The second-order valence-electron chi connectivity index (χ2n) is 5.27. The highest BCUT2D eigenvalue weighted by Crippen LogP contribution is 2.46. The Morgan fingerprint density at radius 3 is 2.33 bits per heavy atom. The first-order chi connectivity index (χ1) is 8.65. The number of hydrogen-bond donors (Lipinski definition) is 1. The number of benzene rings is 1. The van der Waals surface area contributed by atoms with Crippen molar-refractivity contribution in [2.24, 2.45) is 11.8 Å². The lowest BCUT2D eigenvalue weighted by Gasteiger charge is -2.18. The van der Waals surface area contributed by atoms with Crippen LogP contribution in [0.5, 0.6) is 0 Å². The molecule has 0 aliphatic heterocycles. The van der Waals surface area contributed by atoms with E-state index >= 15 is 0 Å². The summed E-state index contributed by atoms with van der Waals surface area (Å²) in [6, 6.07) is 4.48. The van der Waals surface area contributed by atoms with Gasteiger partial charge in [0, 0.05) is 23.9 Å². The van der Waals surface area contributed by atoms with Crippen molar-refractivity contribution < 1.29 is 9.31 Å². The maximum absolute atomic E-state index is 13.5. The van der Waals surface area contributed by atoms with Crippen LogP contribution >= 0.6 is 0 Å². The normalized spacial score (nSPS) is 19.0. The third kappa shape index (κ3) is 2.30. The summed E-state index contributed by atoms with van der Waals surface area (Å²) < 4.78 is 13.5. The first kappa shape index (κ1) is 11.4. The molecule has 0 heterocycles. The third-order valence-corrected chi connectivity index (χ3v) is 3.74. The van der Waals surface area contributed by atoms with E-state index < -0.39 is 16.4 Å². The average molecular weight is 250 g/mol. The number of nitro benzene ring substituents is 1. The largest absolute Gasteiger partial charge is 0.382 e. The van der Waals surface area contributed by atoms with Crippen molar-refractivity contribution in [1.82, 2.24) is 0 Å². The van der Waals surface area contributed by atoms with E-state index in [1.807, 2.05) is 0 Å². The molecule has 0 unspecified atom stereocenters. The topological polar surface area (TPSA) is 55.2 Å². The zero-order valence-electron chi connectivity index (χ0n) is 9.93. The fraction of sp³-hybridized carbons (Fsp3) is 0.538. The summed E-state index contributed by atoms with van der Waals surface area (Å²) in [6.07, 6.45) is 4.96. The van der Waals surface area contributed by atoms with E-state index in [1.54, 1.807) is 6.07 Å². The predicted octanol–water partition coefficient (Wildman–Crippen LogP) is 3.33. The van der Waals surface area contributed by atoms with Gasteiger partial charge in [-0.15, -0.1) is 0 Å². The Kier molecular flexibility index (Phi) is 2.69. The van der Waals surface area contributed by atoms with Crippen LogP contribution in [0, 0.1) is 27.8 Å². The molecule has 0 spiro atoms. The van der Waals surface area contributed by atoms with E-state index in [-0.39, 0.29) is 0 Å². The predicted molar refractivity (Wildman–Crippen MR) is 65.9 cm³/mol. The van der Waals surface area contributed by atoms with E-state index in [9.17, 15) is 14.5 Å². The molecule has 4 nitrogen and oxygen atoms in total. The Labute approximate surface area is 104 Å². The molecular weight excluding hydrogens is 235 g/mol. The second-order valence-corrected chi connectivity index (χ2v) is 5.27. The first-order valence-corrected chi connectivity index (χ1v) is 6.35. The molecule has 18 heavy (non-hydrogen) atoms. The maximum Gasteiger partial charge on any atom is 0.304 e. The molecule has 2 aliphatic rings. The Balaban J connectivity index is 1.75. The van der Waals surface area contributed by atoms with Gasteiger partial charge in [-0.2, -0.15) is 4.39 Å². The Hall–Kier alpha value is -1.65. The summed E-state index contributed by atoms with van der Waals surface area (Å²) >= 11 is 0. The van der Waals surface area contributed by atoms with Crippen LogP contribution < -0.4 is 5.32 Å². The van der Waals surface area contributed by atoms with Crippen LogP contribution in [-0.2, 0) is 0 Å². The van der Waals surface area contributed by atoms with Crippen molar-refractivity contribution in [3.05, 3.63) is 34.1 Å². The van der Waals surface area contributed by atoms with Crippen molar-refractivity contribution in [3.8, 4) is 0 Å². The number of hydrogen-bond acceptors (Lipinski definition) is 3. The number of rotatable bonds is 5. The van der Waals surface area contributed by atoms with E-state index in [2.05, 4.69) is 5.32 Å². The summed E-state index contributed by atoms with van der Waals surface area (Å²) in [5.41, 5.74) is 0.192. The molecule has 2 saturated carbocycles. The molecule has 1 N–H and O–H groups in total. The van der Waals surface area contributed by atoms with Gasteiger partial charge in [0.15, 0.2) is 0 Å². The minimum atomic E-state index is -0.768. The highest BCUT2D eigenvalue weighted by molar-refractivity contribution is 5.50. The van der Waals surface area contributed by atoms with Gasteiger partial charge in [0.2, 0.25) is 5.82 Å². The van der Waals surface area contributed by atoms with Gasteiger partial charge in [0.05, 0.1) is 4.92 Å². The van der Waals surface area contributed by atoms with Crippen molar-refractivity contribution in [1.29, 1.82) is 0 Å². The molecule has 1 aromatic carbocycles. The molecule has 1 aromatic rings. The zero-order valence-corrected chi connectivity index (χ0v) is 9.93. The SMILES string of the molecule is O=[N+]([O-])c1ccc(NC(C2CC2)C2CC2)cc1F. The Morgan fingerprint density at radius 2 is 1.89 bits per heavy atom. The molecule has 0 saturated heterocycles. The molecule has 0 atom stereocenters. The standard InChI is InChI=1S/C13H15FN2O2/c14-11-7-10(5-6-12(11)16(17)18)15-13(8-1-2-8)9-3-4-9/h5-9,13,15H,1-4H2. The number of nitro groups is 1. The molecule has 3 rings (SSSR count). The summed E-state index contributed by atoms with van der Waals surface area (Å²) in [6.45, 7) is 0. The van der Waals surface area contributed by atoms with Crippen LogP contribution in [0.2, 0.25) is 0 Å². The Bertz CT molecular complexity index is 472. The lowest BCUT2D eigenvalue weighted by atomic mass is 10.1. The average Bonchev–Trinajstić information content (AvgIpc) is 3.17. The van der Waals surface area contributed by atoms with Gasteiger partial charge in [-0.05, 0) is 43.6 Å². The lowest BCUT2D eigenvalue weighted by Crippen LogP contribution is -2.24. The molecule has 5 heteroatoms. The lowest BCUT2D eigenvalue weighted by molar-refractivity contribution is -0.387. The van der Waals surface area contributed by atoms with Crippen LogP contribution in [0.25, 0.3) is 0 Å². The first-order valence-electron chi connectivity index (χ1n) is 6.35. The maximum atomic E-state index is 13.5. The molecule has 2 aliphatic carbocycles. The van der Waals surface area contributed by atoms with Gasteiger partial charge in [-0.25, -0.2) is 0 Å². The molecule has 2 fully saturated rings. The summed E-state index contributed by atoms with van der Waals surface area (Å²) in [7, 11) is 0. The molecule has 0 aromatic heterocycles. The fourth-order valence-corrected chi connectivity index (χ4v) is 2.47. The van der Waals surface area contributed by atoms with Gasteiger partial charge < -0.3 is 5.32 Å². The highest BCUT2D eigenvalue weighted by atomic mass is 19.1. The van der Waals surface area contributed by atoms with Crippen molar-refractivity contribution in [2.45, 2.75) is 31.7 Å². The zero-order chi connectivity index (χ0) is 12.7. The van der Waals surface area contributed by atoms with Crippen molar-refractivity contribution in [2.75, 3.05) is 5.32 Å². The van der Waals surface area contributed by atoms with Crippen molar-refractivity contribution in [3.63, 3.8) is 0 Å². The quantitative estimate of drug-likeness (QED) is 0.644. The molecule has 0 radical (unpaired) electrons. The van der Waals surface area contributed by atoms with Crippen LogP contribution in [0.15, 0.2) is 18.2 Å². The number of nitrogens with zero attached hydrogens (tertiary/aromatic N) is 1. The molecule has 0 amide bonds. The van der Waals surface area contributed by atoms with Crippen LogP contribution in [0.4, 0.5) is 15.8 Å². The summed E-state index contributed by atoms with van der Waals surface area (Å²) in [5, 5.41) is 13.9. The van der Waals surface area contributed by atoms with Gasteiger partial charge in [-0.1, -0.05) is 0 Å². The van der Waals surface area contributed by atoms with Crippen LogP contribution in [0.1, 0.15) is 25.7 Å². The second kappa shape index (κ2) is 4.23. The third-order valence-electron chi connectivity index (χ3n) is 3.74. The van der Waals surface area contributed by atoms with Gasteiger partial charge >= 0.3 is 5.69 Å². The number of anilines is 1. The van der Waals surface area contributed by atoms with Crippen LogP contribution in [-0.4, -0.2) is 11.0 Å². The molecule has 0 bridgehead atoms. The molecule has 96 valence electrons. The Morgan fingerprint density at radius 1 is 1.28 bits per heavy atom. The monoisotopic (exact) mass is 250 g/mol. The van der Waals surface area contributed by atoms with E-state index in [0.29, 0.717) is 23.6 Å². The number of halogens is 1. The van der Waals surface area contributed by atoms with Gasteiger partial charge in [-0.3, -0.25) is 10.1 Å². The minimum absolute atomic E-state index is 0.422. The summed E-state index contributed by atoms with van der Waals surface area (Å²) in [4.78, 5) is 9.84. The van der Waals surface area contributed by atoms with Gasteiger partial charge in [0.1, 0.15) is 0 Å². The number of nitrogens with one attached hydrogen (secondary N) is 1. The van der Waals surface area contributed by atoms with Crippen LogP contribution in [0.3, 0.4) is 0 Å². The summed E-state index contributed by atoms with van der Waals surface area (Å²) in [5.74, 6) is 0.641. The van der Waals surface area contributed by atoms with E-state index in [0.717, 1.165) is 0 Å². The van der Waals surface area contributed by atoms with Crippen molar-refractivity contribution >= 4 is 11.4 Å². The highest BCUT2D eigenvalue weighted by Gasteiger charge is 2.41. The fourth-order valence-electron chi connectivity index (χ4n) is 2.47. The van der Waals surface area contributed by atoms with Gasteiger partial charge in [0.25, 0.3) is 0 Å². The van der Waals surface area contributed by atoms with E-state index in [1.165, 1.54) is 37.8 Å².